The molecule has 0 saturated carbocycles. The number of nitrogens with one attached hydrogen (secondary N) is 1. The molecule has 1 fully saturated rings. The molecule has 0 unspecified atom stereocenters. The van der Waals surface area contributed by atoms with Crippen molar-refractivity contribution in [2.45, 2.75) is 64.6 Å². The molecule has 1 aliphatic carbocycles. The normalized spacial score (nSPS) is 23.6. The van der Waals surface area contributed by atoms with Crippen LogP contribution in [0.2, 0.25) is 0 Å². The van der Waals surface area contributed by atoms with Crippen molar-refractivity contribution in [1.29, 1.82) is 0 Å². The first kappa shape index (κ1) is 16.8. The van der Waals surface area contributed by atoms with Gasteiger partial charge in [0.05, 0.1) is 5.69 Å². The Morgan fingerprint density at radius 2 is 2.20 bits per heavy atom. The molecule has 2 aliphatic rings. The summed E-state index contributed by atoms with van der Waals surface area (Å²) in [6, 6.07) is 2.10. The predicted octanol–water partition coefficient (Wildman–Crippen LogP) is 3.03. The molecule has 1 aliphatic heterocycles. The van der Waals surface area contributed by atoms with Gasteiger partial charge < -0.3 is 14.6 Å². The molecule has 6 nitrogen and oxygen atoms in total. The van der Waals surface area contributed by atoms with Crippen LogP contribution < -0.4 is 5.32 Å². The Morgan fingerprint density at radius 1 is 1.28 bits per heavy atom. The highest BCUT2D eigenvalue weighted by atomic mass is 16.5. The molecule has 6 heteroatoms. The number of nitrogens with zero attached hydrogens (tertiary/aromatic N) is 3. The van der Waals surface area contributed by atoms with Crippen molar-refractivity contribution in [3.63, 3.8) is 0 Å². The average Bonchev–Trinajstić information content (AvgIpc) is 3.29. The summed E-state index contributed by atoms with van der Waals surface area (Å²) < 4.78 is 13.7. The van der Waals surface area contributed by atoms with E-state index in [1.54, 1.807) is 0 Å². The summed E-state index contributed by atoms with van der Waals surface area (Å²) in [5.74, 6) is 1.58. The number of hydrogen-bond donors (Lipinski definition) is 1. The maximum atomic E-state index is 6.12. The topological polar surface area (TPSA) is 65.1 Å². The van der Waals surface area contributed by atoms with Crippen molar-refractivity contribution in [2.75, 3.05) is 13.2 Å². The lowest BCUT2D eigenvalue weighted by Gasteiger charge is -2.32. The number of aryl methyl sites for hydroxylation is 2. The molecule has 136 valence electrons. The number of hydrogen-bond acceptors (Lipinski definition) is 5. The first-order valence-electron chi connectivity index (χ1n) is 9.67. The minimum Gasteiger partial charge on any atom is -0.372 e. The zero-order valence-electron chi connectivity index (χ0n) is 15.0. The second kappa shape index (κ2) is 7.70. The van der Waals surface area contributed by atoms with Gasteiger partial charge in [-0.15, -0.1) is 0 Å². The van der Waals surface area contributed by atoms with E-state index in [2.05, 4.69) is 33.2 Å². The summed E-state index contributed by atoms with van der Waals surface area (Å²) in [5, 5.41) is 12.3. The summed E-state index contributed by atoms with van der Waals surface area (Å²) >= 11 is 0. The maximum absolute atomic E-state index is 6.12. The van der Waals surface area contributed by atoms with E-state index in [-0.39, 0.29) is 6.10 Å². The molecule has 25 heavy (non-hydrogen) atoms. The first-order valence-corrected chi connectivity index (χ1v) is 9.67. The molecule has 2 aromatic rings. The molecule has 2 atom stereocenters. The Bertz CT molecular complexity index is 693. The monoisotopic (exact) mass is 344 g/mol. The number of aromatic nitrogens is 3. The van der Waals surface area contributed by atoms with Crippen LogP contribution in [-0.2, 0) is 30.7 Å². The number of ether oxygens (including phenoxy) is 1. The van der Waals surface area contributed by atoms with E-state index in [9.17, 15) is 0 Å². The van der Waals surface area contributed by atoms with Gasteiger partial charge in [0.2, 0.25) is 0 Å². The van der Waals surface area contributed by atoms with E-state index in [1.807, 2.05) is 6.20 Å². The van der Waals surface area contributed by atoms with Gasteiger partial charge in [-0.1, -0.05) is 5.16 Å². The average molecular weight is 344 g/mol. The van der Waals surface area contributed by atoms with E-state index in [1.165, 1.54) is 30.5 Å². The van der Waals surface area contributed by atoms with Crippen LogP contribution in [-0.4, -0.2) is 28.1 Å². The van der Waals surface area contributed by atoms with E-state index in [4.69, 9.17) is 9.26 Å². The number of rotatable bonds is 6. The Hall–Kier alpha value is -1.66. The van der Waals surface area contributed by atoms with Gasteiger partial charge in [-0.3, -0.25) is 4.68 Å². The van der Waals surface area contributed by atoms with Crippen LogP contribution >= 0.6 is 0 Å². The van der Waals surface area contributed by atoms with E-state index in [0.29, 0.717) is 5.92 Å². The van der Waals surface area contributed by atoms with Crippen LogP contribution in [0.5, 0.6) is 0 Å². The Kier molecular flexibility index (Phi) is 5.17. The smallest absolute Gasteiger partial charge is 0.140 e. The predicted molar refractivity (Wildman–Crippen MR) is 94.2 cm³/mol. The second-order valence-corrected chi connectivity index (χ2v) is 7.13. The lowest BCUT2D eigenvalue weighted by atomic mass is 9.91. The molecule has 0 radical (unpaired) electrons. The first-order chi connectivity index (χ1) is 12.4. The summed E-state index contributed by atoms with van der Waals surface area (Å²) in [4.78, 5) is 0. The molecule has 1 saturated heterocycles. The zero-order valence-corrected chi connectivity index (χ0v) is 15.0. The molecular formula is C19H28N4O2. The molecular weight excluding hydrogens is 316 g/mol. The summed E-state index contributed by atoms with van der Waals surface area (Å²) in [5.41, 5.74) is 3.65. The molecule has 2 aromatic heterocycles. The minimum atomic E-state index is 0.134. The Morgan fingerprint density at radius 3 is 3.12 bits per heavy atom. The zero-order chi connectivity index (χ0) is 17.1. The molecule has 0 aromatic carbocycles. The van der Waals surface area contributed by atoms with Gasteiger partial charge in [0.25, 0.3) is 0 Å². The van der Waals surface area contributed by atoms with Gasteiger partial charge in [0, 0.05) is 50.3 Å². The lowest BCUT2D eigenvalue weighted by molar-refractivity contribution is -0.0327. The maximum Gasteiger partial charge on any atom is 0.140 e. The van der Waals surface area contributed by atoms with Crippen molar-refractivity contribution >= 4 is 0 Å². The van der Waals surface area contributed by atoms with Crippen molar-refractivity contribution in [2.24, 2.45) is 5.92 Å². The summed E-state index contributed by atoms with van der Waals surface area (Å²) in [7, 11) is 0. The van der Waals surface area contributed by atoms with E-state index in [0.717, 1.165) is 57.0 Å². The van der Waals surface area contributed by atoms with Crippen molar-refractivity contribution in [3.05, 3.63) is 35.0 Å². The summed E-state index contributed by atoms with van der Waals surface area (Å²) in [6.45, 7) is 5.57. The van der Waals surface area contributed by atoms with Crippen molar-refractivity contribution < 1.29 is 9.26 Å². The van der Waals surface area contributed by atoms with Crippen LogP contribution in [0.15, 0.2) is 16.8 Å². The molecule has 3 heterocycles. The summed E-state index contributed by atoms with van der Waals surface area (Å²) in [6.07, 6.45) is 8.95. The molecule has 0 amide bonds. The molecule has 4 rings (SSSR count). The SMILES string of the molecule is CCn1nccc1[C@@H]1OCCC[C@H]1CNCc1noc2c1CCCC2. The van der Waals surface area contributed by atoms with E-state index < -0.39 is 0 Å². The van der Waals surface area contributed by atoms with Gasteiger partial charge in [-0.25, -0.2) is 0 Å². The van der Waals surface area contributed by atoms with Gasteiger partial charge >= 0.3 is 0 Å². The van der Waals surface area contributed by atoms with Gasteiger partial charge in [-0.05, 0) is 45.1 Å². The Balaban J connectivity index is 1.38. The third-order valence-corrected chi connectivity index (χ3v) is 5.52. The highest BCUT2D eigenvalue weighted by Gasteiger charge is 2.29. The highest BCUT2D eigenvalue weighted by molar-refractivity contribution is 5.25. The van der Waals surface area contributed by atoms with Crippen LogP contribution in [0, 0.1) is 5.92 Å². The largest absolute Gasteiger partial charge is 0.372 e. The van der Waals surface area contributed by atoms with Crippen LogP contribution in [0.25, 0.3) is 0 Å². The number of fused-ring (bicyclic) bond motifs is 1. The van der Waals surface area contributed by atoms with Crippen LogP contribution in [0.4, 0.5) is 0 Å². The molecule has 1 N–H and O–H groups in total. The van der Waals surface area contributed by atoms with Crippen LogP contribution in [0.1, 0.15) is 61.4 Å². The third-order valence-electron chi connectivity index (χ3n) is 5.52. The molecule has 0 spiro atoms. The van der Waals surface area contributed by atoms with Gasteiger partial charge in [0.15, 0.2) is 0 Å². The lowest BCUT2D eigenvalue weighted by Crippen LogP contribution is -2.33. The fourth-order valence-electron chi connectivity index (χ4n) is 4.19. The quantitative estimate of drug-likeness (QED) is 0.872. The highest BCUT2D eigenvalue weighted by Crippen LogP contribution is 2.33. The fourth-order valence-corrected chi connectivity index (χ4v) is 4.19. The minimum absolute atomic E-state index is 0.134. The Labute approximate surface area is 148 Å². The molecule has 0 bridgehead atoms. The van der Waals surface area contributed by atoms with Gasteiger partial charge in [-0.2, -0.15) is 5.10 Å². The van der Waals surface area contributed by atoms with Crippen molar-refractivity contribution in [3.8, 4) is 0 Å². The van der Waals surface area contributed by atoms with Gasteiger partial charge in [0.1, 0.15) is 17.6 Å². The van der Waals surface area contributed by atoms with Crippen molar-refractivity contribution in [1.82, 2.24) is 20.3 Å². The van der Waals surface area contributed by atoms with Crippen LogP contribution in [0.3, 0.4) is 0 Å². The second-order valence-electron chi connectivity index (χ2n) is 7.13. The standard InChI is InChI=1S/C19H28N4O2/c1-2-23-17(9-10-21-23)19-14(6-5-11-24-19)12-20-13-16-15-7-3-4-8-18(15)25-22-16/h9-10,14,19-20H,2-8,11-13H2,1H3/t14-,19+/m0/s1. The fraction of sp³-hybridized carbons (Fsp3) is 0.684. The van der Waals surface area contributed by atoms with E-state index >= 15 is 0 Å². The third kappa shape index (κ3) is 3.51.